The van der Waals surface area contributed by atoms with Crippen molar-refractivity contribution in [1.29, 1.82) is 0 Å². The van der Waals surface area contributed by atoms with Crippen LogP contribution in [0.15, 0.2) is 18.2 Å². The van der Waals surface area contributed by atoms with Gasteiger partial charge in [-0.2, -0.15) is 0 Å². The van der Waals surface area contributed by atoms with E-state index in [1.54, 1.807) is 0 Å². The summed E-state index contributed by atoms with van der Waals surface area (Å²) in [5.41, 5.74) is 1.06. The van der Waals surface area contributed by atoms with Gasteiger partial charge in [0.25, 0.3) is 11.6 Å². The van der Waals surface area contributed by atoms with Crippen LogP contribution in [0.1, 0.15) is 16.2 Å². The normalized spacial score (nSPS) is 13.2. The van der Waals surface area contributed by atoms with Crippen molar-refractivity contribution in [3.8, 4) is 0 Å². The van der Waals surface area contributed by atoms with E-state index in [9.17, 15) is 14.9 Å². The van der Waals surface area contributed by atoms with Crippen LogP contribution in [0.2, 0.25) is 0 Å². The standard InChI is InChI=1S/C9H6N6O3/c16-9-8-11-12-13-14(8)4-5-3-6(15(17)18)1-2-7(5)10-9/h1-3H,4H2,(H,10,16). The number of carbonyl (C=O) groups excluding carboxylic acids is 1. The first-order valence-corrected chi connectivity index (χ1v) is 5.00. The van der Waals surface area contributed by atoms with E-state index >= 15 is 0 Å². The third-order valence-electron chi connectivity index (χ3n) is 2.60. The largest absolute Gasteiger partial charge is 0.319 e. The smallest absolute Gasteiger partial charge is 0.295 e. The van der Waals surface area contributed by atoms with Gasteiger partial charge in [-0.1, -0.05) is 0 Å². The maximum absolute atomic E-state index is 11.7. The van der Waals surface area contributed by atoms with Gasteiger partial charge in [-0.15, -0.1) is 5.10 Å². The van der Waals surface area contributed by atoms with Gasteiger partial charge in [0.15, 0.2) is 0 Å². The van der Waals surface area contributed by atoms with Crippen molar-refractivity contribution < 1.29 is 9.72 Å². The van der Waals surface area contributed by atoms with E-state index in [1.165, 1.54) is 22.9 Å². The molecule has 0 fully saturated rings. The Morgan fingerprint density at radius 2 is 2.28 bits per heavy atom. The number of rotatable bonds is 1. The summed E-state index contributed by atoms with van der Waals surface area (Å²) in [6.45, 7) is 0.206. The predicted molar refractivity (Wildman–Crippen MR) is 58.0 cm³/mol. The molecule has 0 atom stereocenters. The fourth-order valence-electron chi connectivity index (χ4n) is 1.76. The van der Waals surface area contributed by atoms with E-state index in [0.29, 0.717) is 11.3 Å². The van der Waals surface area contributed by atoms with E-state index < -0.39 is 10.8 Å². The predicted octanol–water partition coefficient (Wildman–Crippen LogP) is 0.195. The van der Waals surface area contributed by atoms with E-state index in [-0.39, 0.29) is 18.1 Å². The highest BCUT2D eigenvalue weighted by molar-refractivity contribution is 6.02. The molecule has 90 valence electrons. The summed E-state index contributed by atoms with van der Waals surface area (Å²) < 4.78 is 1.30. The van der Waals surface area contributed by atoms with Crippen molar-refractivity contribution >= 4 is 17.3 Å². The summed E-state index contributed by atoms with van der Waals surface area (Å²) in [6.07, 6.45) is 0. The minimum absolute atomic E-state index is 0.0421. The van der Waals surface area contributed by atoms with Crippen LogP contribution >= 0.6 is 0 Å². The van der Waals surface area contributed by atoms with Gasteiger partial charge in [0.05, 0.1) is 11.5 Å². The molecular weight excluding hydrogens is 240 g/mol. The number of hydrogen-bond donors (Lipinski definition) is 1. The minimum atomic E-state index is -0.493. The topological polar surface area (TPSA) is 116 Å². The van der Waals surface area contributed by atoms with Crippen LogP contribution in [0.5, 0.6) is 0 Å². The van der Waals surface area contributed by atoms with Gasteiger partial charge >= 0.3 is 0 Å². The summed E-state index contributed by atoms with van der Waals surface area (Å²) in [7, 11) is 0. The Labute approximate surface area is 99.6 Å². The number of carbonyl (C=O) groups is 1. The van der Waals surface area contributed by atoms with E-state index in [0.717, 1.165) is 0 Å². The zero-order chi connectivity index (χ0) is 12.7. The van der Waals surface area contributed by atoms with Crippen molar-refractivity contribution in [3.05, 3.63) is 39.7 Å². The number of anilines is 1. The van der Waals surface area contributed by atoms with Crippen molar-refractivity contribution in [3.63, 3.8) is 0 Å². The quantitative estimate of drug-likeness (QED) is 0.567. The molecule has 1 aliphatic heterocycles. The van der Waals surface area contributed by atoms with Gasteiger partial charge in [0.1, 0.15) is 0 Å². The number of aromatic nitrogens is 4. The second kappa shape index (κ2) is 3.58. The molecule has 0 spiro atoms. The highest BCUT2D eigenvalue weighted by Gasteiger charge is 2.23. The van der Waals surface area contributed by atoms with Crippen LogP contribution < -0.4 is 5.32 Å². The number of amides is 1. The average molecular weight is 246 g/mol. The number of nitrogens with one attached hydrogen (secondary N) is 1. The zero-order valence-electron chi connectivity index (χ0n) is 8.90. The molecule has 1 aromatic carbocycles. The Morgan fingerprint density at radius 1 is 1.44 bits per heavy atom. The van der Waals surface area contributed by atoms with Crippen LogP contribution in [0.25, 0.3) is 0 Å². The zero-order valence-corrected chi connectivity index (χ0v) is 8.90. The first-order chi connectivity index (χ1) is 8.65. The van der Waals surface area contributed by atoms with E-state index in [1.807, 2.05) is 0 Å². The molecule has 0 radical (unpaired) electrons. The number of benzene rings is 1. The number of nitrogens with zero attached hydrogens (tertiary/aromatic N) is 5. The first kappa shape index (κ1) is 10.3. The van der Waals surface area contributed by atoms with Crippen LogP contribution in [0.3, 0.4) is 0 Å². The third kappa shape index (κ3) is 1.49. The first-order valence-electron chi connectivity index (χ1n) is 5.00. The fourth-order valence-corrected chi connectivity index (χ4v) is 1.76. The summed E-state index contributed by atoms with van der Waals surface area (Å²) in [4.78, 5) is 22.0. The lowest BCUT2D eigenvalue weighted by Crippen LogP contribution is -2.15. The molecule has 0 bridgehead atoms. The SMILES string of the molecule is O=C1Nc2ccc([N+](=O)[O-])cc2Cn2nnnc21. The van der Waals surface area contributed by atoms with Crippen molar-refractivity contribution in [1.82, 2.24) is 20.2 Å². The molecule has 0 aliphatic carbocycles. The van der Waals surface area contributed by atoms with Gasteiger partial charge in [-0.3, -0.25) is 14.9 Å². The highest BCUT2D eigenvalue weighted by Crippen LogP contribution is 2.25. The Balaban J connectivity index is 2.13. The lowest BCUT2D eigenvalue weighted by molar-refractivity contribution is -0.384. The van der Waals surface area contributed by atoms with Gasteiger partial charge in [-0.25, -0.2) is 4.68 Å². The number of nitro groups is 1. The molecule has 1 N–H and O–H groups in total. The van der Waals surface area contributed by atoms with Crippen LogP contribution in [-0.2, 0) is 6.54 Å². The molecule has 2 aromatic rings. The lowest BCUT2D eigenvalue weighted by Gasteiger charge is -2.04. The molecule has 0 saturated heterocycles. The Hall–Kier alpha value is -2.84. The Morgan fingerprint density at radius 3 is 3.06 bits per heavy atom. The second-order valence-corrected chi connectivity index (χ2v) is 3.71. The number of nitro benzene ring substituents is 1. The van der Waals surface area contributed by atoms with E-state index in [2.05, 4.69) is 20.8 Å². The third-order valence-corrected chi connectivity index (χ3v) is 2.60. The number of fused-ring (bicyclic) bond motifs is 2. The maximum Gasteiger partial charge on any atom is 0.295 e. The molecule has 9 heteroatoms. The average Bonchev–Trinajstić information content (AvgIpc) is 2.74. The molecule has 9 nitrogen and oxygen atoms in total. The summed E-state index contributed by atoms with van der Waals surface area (Å²) in [5, 5.41) is 24.0. The second-order valence-electron chi connectivity index (χ2n) is 3.71. The highest BCUT2D eigenvalue weighted by atomic mass is 16.6. The molecule has 1 aromatic heterocycles. The molecule has 0 unspecified atom stereocenters. The fraction of sp³-hybridized carbons (Fsp3) is 0.111. The van der Waals surface area contributed by atoms with Crippen molar-refractivity contribution in [2.75, 3.05) is 5.32 Å². The minimum Gasteiger partial charge on any atom is -0.319 e. The molecular formula is C9H6N6O3. The van der Waals surface area contributed by atoms with Gasteiger partial charge in [-0.05, 0) is 16.5 Å². The molecule has 0 saturated carbocycles. The van der Waals surface area contributed by atoms with Gasteiger partial charge in [0.2, 0.25) is 5.82 Å². The van der Waals surface area contributed by atoms with Crippen molar-refractivity contribution in [2.24, 2.45) is 0 Å². The Bertz CT molecular complexity index is 664. The van der Waals surface area contributed by atoms with Crippen LogP contribution in [0.4, 0.5) is 11.4 Å². The summed E-state index contributed by atoms with van der Waals surface area (Å²) >= 11 is 0. The van der Waals surface area contributed by atoms with Crippen molar-refractivity contribution in [2.45, 2.75) is 6.54 Å². The number of hydrogen-bond acceptors (Lipinski definition) is 6. The van der Waals surface area contributed by atoms with E-state index in [4.69, 9.17) is 0 Å². The number of non-ortho nitro benzene ring substituents is 1. The van der Waals surface area contributed by atoms with Gasteiger partial charge in [0, 0.05) is 23.4 Å². The lowest BCUT2D eigenvalue weighted by atomic mass is 10.1. The van der Waals surface area contributed by atoms with Crippen LogP contribution in [0, 0.1) is 10.1 Å². The molecule has 18 heavy (non-hydrogen) atoms. The molecule has 3 rings (SSSR count). The molecule has 1 aliphatic rings. The van der Waals surface area contributed by atoms with Gasteiger partial charge < -0.3 is 5.32 Å². The molecule has 1 amide bonds. The molecule has 2 heterocycles. The maximum atomic E-state index is 11.7. The Kier molecular flexibility index (Phi) is 2.06. The monoisotopic (exact) mass is 246 g/mol. The number of tetrazole rings is 1. The summed E-state index contributed by atoms with van der Waals surface area (Å²) in [5.74, 6) is -0.360. The van der Waals surface area contributed by atoms with Crippen LogP contribution in [-0.4, -0.2) is 31.0 Å². The summed E-state index contributed by atoms with van der Waals surface area (Å²) in [6, 6.07) is 4.22.